The predicted molar refractivity (Wildman–Crippen MR) is 107 cm³/mol. The molecule has 0 bridgehead atoms. The molecule has 0 amide bonds. The van der Waals surface area contributed by atoms with Crippen molar-refractivity contribution in [2.45, 2.75) is 6.42 Å². The minimum Gasteiger partial charge on any atom is -0.379 e. The van der Waals surface area contributed by atoms with Crippen LogP contribution >= 0.6 is 11.6 Å². The maximum atomic E-state index is 13.4. The van der Waals surface area contributed by atoms with Crippen LogP contribution in [0.25, 0.3) is 11.2 Å². The average Bonchev–Trinajstić information content (AvgIpc) is 3.17. The van der Waals surface area contributed by atoms with Gasteiger partial charge in [0.25, 0.3) is 0 Å². The Hall–Kier alpha value is -2.59. The van der Waals surface area contributed by atoms with Gasteiger partial charge in [-0.05, 0) is 24.3 Å². The van der Waals surface area contributed by atoms with Gasteiger partial charge in [-0.25, -0.2) is 19.4 Å². The fraction of sp³-hybridized carbons (Fsp3) is 0.316. The van der Waals surface area contributed by atoms with Crippen molar-refractivity contribution in [1.82, 2.24) is 25.3 Å². The van der Waals surface area contributed by atoms with Gasteiger partial charge in [-0.15, -0.1) is 0 Å². The number of nitrogens with one attached hydrogen (secondary N) is 2. The number of H-pyrrole nitrogens is 1. The summed E-state index contributed by atoms with van der Waals surface area (Å²) in [5, 5.41) is 9.60. The second-order valence-corrected chi connectivity index (χ2v) is 7.02. The highest BCUT2D eigenvalue weighted by molar-refractivity contribution is 6.31. The van der Waals surface area contributed by atoms with Crippen molar-refractivity contribution < 1.29 is 14.3 Å². The second-order valence-electron chi connectivity index (χ2n) is 6.62. The van der Waals surface area contributed by atoms with Crippen LogP contribution in [0.15, 0.2) is 35.5 Å². The number of morpholine rings is 1. The summed E-state index contributed by atoms with van der Waals surface area (Å²) >= 11 is 5.82. The van der Waals surface area contributed by atoms with Gasteiger partial charge in [0, 0.05) is 37.8 Å². The number of nitrogens with zero attached hydrogens (tertiary/aromatic N) is 4. The Morgan fingerprint density at radius 1 is 1.34 bits per heavy atom. The zero-order valence-corrected chi connectivity index (χ0v) is 16.3. The van der Waals surface area contributed by atoms with E-state index in [1.165, 1.54) is 18.2 Å². The number of benzene rings is 1. The van der Waals surface area contributed by atoms with E-state index in [2.05, 4.69) is 30.3 Å². The summed E-state index contributed by atoms with van der Waals surface area (Å²) in [6, 6.07) is 5.78. The number of fused-ring (bicyclic) bond motifs is 1. The normalized spacial score (nSPS) is 15.8. The van der Waals surface area contributed by atoms with Crippen LogP contribution in [0.5, 0.6) is 0 Å². The molecule has 3 N–H and O–H groups in total. The van der Waals surface area contributed by atoms with E-state index in [1.807, 2.05) is 0 Å². The largest absolute Gasteiger partial charge is 0.379 e. The first-order chi connectivity index (χ1) is 14.1. The number of pyridine rings is 1. The van der Waals surface area contributed by atoms with Crippen LogP contribution < -0.4 is 5.48 Å². The second kappa shape index (κ2) is 8.83. The molecule has 1 fully saturated rings. The van der Waals surface area contributed by atoms with E-state index in [1.54, 1.807) is 12.3 Å². The molecular formula is C19H20ClFN6O2. The predicted octanol–water partition coefficient (Wildman–Crippen LogP) is 2.68. The van der Waals surface area contributed by atoms with Crippen LogP contribution in [-0.4, -0.2) is 63.7 Å². The van der Waals surface area contributed by atoms with Crippen molar-refractivity contribution in [2.75, 3.05) is 32.8 Å². The molecule has 29 heavy (non-hydrogen) atoms. The zero-order chi connectivity index (χ0) is 20.2. The van der Waals surface area contributed by atoms with Gasteiger partial charge in [-0.3, -0.25) is 15.6 Å². The van der Waals surface area contributed by atoms with Crippen LogP contribution in [0.1, 0.15) is 11.4 Å². The van der Waals surface area contributed by atoms with Gasteiger partial charge in [-0.1, -0.05) is 11.6 Å². The summed E-state index contributed by atoms with van der Waals surface area (Å²) in [5.41, 5.74) is 4.26. The Morgan fingerprint density at radius 2 is 2.17 bits per heavy atom. The highest BCUT2D eigenvalue weighted by Crippen LogP contribution is 2.23. The fourth-order valence-electron chi connectivity index (χ4n) is 3.19. The molecule has 10 heteroatoms. The number of aromatic nitrogens is 3. The smallest absolute Gasteiger partial charge is 0.178 e. The average molecular weight is 419 g/mol. The summed E-state index contributed by atoms with van der Waals surface area (Å²) in [5.74, 6) is 0.436. The number of ether oxygens (including phenoxy) is 1. The van der Waals surface area contributed by atoms with Gasteiger partial charge >= 0.3 is 0 Å². The third-order valence-corrected chi connectivity index (χ3v) is 5.00. The number of aliphatic imine (C=N–C) groups is 1. The molecule has 1 aliphatic rings. The number of rotatable bonds is 5. The van der Waals surface area contributed by atoms with Crippen LogP contribution in [0.2, 0.25) is 5.02 Å². The van der Waals surface area contributed by atoms with Crippen LogP contribution in [-0.2, 0) is 11.2 Å². The maximum absolute atomic E-state index is 13.4. The van der Waals surface area contributed by atoms with E-state index in [-0.39, 0.29) is 10.9 Å². The number of halogens is 2. The molecule has 8 nitrogen and oxygen atoms in total. The van der Waals surface area contributed by atoms with Gasteiger partial charge in [0.2, 0.25) is 0 Å². The van der Waals surface area contributed by atoms with Gasteiger partial charge < -0.3 is 9.72 Å². The van der Waals surface area contributed by atoms with E-state index in [0.717, 1.165) is 45.1 Å². The SMILES string of the molecule is ONC(=Nc1ccc(F)c(Cl)c1)c1ccnc2nc(CCN3CCOCC3)[nH]c12. The molecule has 4 rings (SSSR count). The Morgan fingerprint density at radius 3 is 2.93 bits per heavy atom. The van der Waals surface area contributed by atoms with E-state index in [0.29, 0.717) is 22.4 Å². The van der Waals surface area contributed by atoms with Gasteiger partial charge in [0.05, 0.1) is 29.4 Å². The molecule has 2 aromatic heterocycles. The maximum Gasteiger partial charge on any atom is 0.178 e. The van der Waals surface area contributed by atoms with Crippen LogP contribution in [0, 0.1) is 5.82 Å². The first-order valence-corrected chi connectivity index (χ1v) is 9.60. The fourth-order valence-corrected chi connectivity index (χ4v) is 3.37. The molecule has 0 radical (unpaired) electrons. The summed E-state index contributed by atoms with van der Waals surface area (Å²) in [6.45, 7) is 4.19. The third kappa shape index (κ3) is 4.54. The molecule has 3 aromatic rings. The van der Waals surface area contributed by atoms with Crippen LogP contribution in [0.3, 0.4) is 0 Å². The minimum absolute atomic E-state index is 0.0460. The Kier molecular flexibility index (Phi) is 6.00. The molecule has 0 atom stereocenters. The zero-order valence-electron chi connectivity index (χ0n) is 15.5. The van der Waals surface area contributed by atoms with Crippen molar-refractivity contribution in [3.63, 3.8) is 0 Å². The number of imidazole rings is 1. The van der Waals surface area contributed by atoms with E-state index < -0.39 is 5.82 Å². The standard InChI is InChI=1S/C19H20ClFN6O2/c20-14-11-12(1-2-15(14)21)23-18(26-28)13-3-5-22-19-17(13)24-16(25-19)4-6-27-7-9-29-10-8-27/h1-3,5,11,28H,4,6-10H2,(H,23,26)(H,22,24,25). The van der Waals surface area contributed by atoms with E-state index in [9.17, 15) is 9.60 Å². The molecule has 1 aliphatic heterocycles. The third-order valence-electron chi connectivity index (χ3n) is 4.71. The van der Waals surface area contributed by atoms with Crippen molar-refractivity contribution in [3.05, 3.63) is 52.7 Å². The lowest BCUT2D eigenvalue weighted by Crippen LogP contribution is -2.37. The lowest BCUT2D eigenvalue weighted by Gasteiger charge is -2.25. The van der Waals surface area contributed by atoms with Crippen molar-refractivity contribution >= 4 is 34.3 Å². The number of aromatic amines is 1. The van der Waals surface area contributed by atoms with Crippen LogP contribution in [0.4, 0.5) is 10.1 Å². The lowest BCUT2D eigenvalue weighted by atomic mass is 10.2. The van der Waals surface area contributed by atoms with E-state index >= 15 is 0 Å². The molecule has 1 aromatic carbocycles. The molecule has 0 aliphatic carbocycles. The summed E-state index contributed by atoms with van der Waals surface area (Å²) in [6.07, 6.45) is 2.33. The number of hydrogen-bond donors (Lipinski definition) is 3. The molecular weight excluding hydrogens is 399 g/mol. The Bertz CT molecular complexity index is 1030. The summed E-state index contributed by atoms with van der Waals surface area (Å²) < 4.78 is 18.8. The van der Waals surface area contributed by atoms with Gasteiger partial charge in [-0.2, -0.15) is 0 Å². The number of hydrogen-bond acceptors (Lipinski definition) is 6. The van der Waals surface area contributed by atoms with Gasteiger partial charge in [0.15, 0.2) is 11.5 Å². The van der Waals surface area contributed by atoms with Crippen molar-refractivity contribution in [1.29, 1.82) is 0 Å². The first-order valence-electron chi connectivity index (χ1n) is 9.22. The summed E-state index contributed by atoms with van der Waals surface area (Å²) in [7, 11) is 0. The van der Waals surface area contributed by atoms with Crippen molar-refractivity contribution in [3.8, 4) is 0 Å². The van der Waals surface area contributed by atoms with Crippen molar-refractivity contribution in [2.24, 2.45) is 4.99 Å². The highest BCUT2D eigenvalue weighted by atomic mass is 35.5. The van der Waals surface area contributed by atoms with Gasteiger partial charge in [0.1, 0.15) is 11.6 Å². The summed E-state index contributed by atoms with van der Waals surface area (Å²) in [4.78, 5) is 18.8. The molecule has 152 valence electrons. The van der Waals surface area contributed by atoms with E-state index in [4.69, 9.17) is 16.3 Å². The topological polar surface area (TPSA) is 98.7 Å². The molecule has 0 spiro atoms. The first kappa shape index (κ1) is 19.7. The number of amidine groups is 1. The highest BCUT2D eigenvalue weighted by Gasteiger charge is 2.15. The quantitative estimate of drug-likeness (QED) is 0.335. The molecule has 0 unspecified atom stereocenters. The Balaban J connectivity index is 1.61. The Labute approximate surface area is 171 Å². The molecule has 1 saturated heterocycles. The molecule has 0 saturated carbocycles. The number of hydroxylamine groups is 1. The molecule has 3 heterocycles. The minimum atomic E-state index is -0.533. The lowest BCUT2D eigenvalue weighted by molar-refractivity contribution is 0.0382. The monoisotopic (exact) mass is 418 g/mol.